The number of rotatable bonds is 6. The lowest BCUT2D eigenvalue weighted by molar-refractivity contribution is -0.134. The van der Waals surface area contributed by atoms with Crippen LogP contribution in [-0.4, -0.2) is 85.7 Å². The Hall–Kier alpha value is -1.34. The predicted molar refractivity (Wildman–Crippen MR) is 113 cm³/mol. The monoisotopic (exact) mass is 393 g/mol. The standard InChI is InChI=1S/C21H39N5O2/c1-4-22-20(23-16-21(2,3)26-11-13-28-14-12-26)24-18-9-10-25(15-18)19(27)17-7-5-6-8-17/h17-18H,4-16H2,1-3H3,(H2,22,23,24). The van der Waals surface area contributed by atoms with E-state index in [0.717, 1.165) is 77.7 Å². The minimum absolute atomic E-state index is 0.00623. The quantitative estimate of drug-likeness (QED) is 0.528. The van der Waals surface area contributed by atoms with Gasteiger partial charge in [0, 0.05) is 50.2 Å². The molecule has 2 saturated heterocycles. The Labute approximate surface area is 170 Å². The summed E-state index contributed by atoms with van der Waals surface area (Å²) >= 11 is 0. The minimum Gasteiger partial charge on any atom is -0.379 e. The highest BCUT2D eigenvalue weighted by atomic mass is 16.5. The van der Waals surface area contributed by atoms with Gasteiger partial charge in [-0.2, -0.15) is 0 Å². The zero-order valence-electron chi connectivity index (χ0n) is 18.0. The lowest BCUT2D eigenvalue weighted by Crippen LogP contribution is -2.52. The van der Waals surface area contributed by atoms with E-state index in [1.165, 1.54) is 12.8 Å². The number of ether oxygens (including phenoxy) is 1. The van der Waals surface area contributed by atoms with E-state index in [1.54, 1.807) is 0 Å². The first-order valence-electron chi connectivity index (χ1n) is 11.2. The van der Waals surface area contributed by atoms with Gasteiger partial charge >= 0.3 is 0 Å². The van der Waals surface area contributed by atoms with Crippen molar-refractivity contribution in [2.24, 2.45) is 10.9 Å². The van der Waals surface area contributed by atoms with E-state index < -0.39 is 0 Å². The van der Waals surface area contributed by atoms with Gasteiger partial charge in [0.1, 0.15) is 0 Å². The highest BCUT2D eigenvalue weighted by molar-refractivity contribution is 5.81. The molecule has 0 radical (unpaired) electrons. The fraction of sp³-hybridized carbons (Fsp3) is 0.905. The van der Waals surface area contributed by atoms with E-state index in [4.69, 9.17) is 9.73 Å². The van der Waals surface area contributed by atoms with Crippen molar-refractivity contribution in [3.05, 3.63) is 0 Å². The van der Waals surface area contributed by atoms with Crippen molar-refractivity contribution < 1.29 is 9.53 Å². The van der Waals surface area contributed by atoms with Crippen LogP contribution in [0.5, 0.6) is 0 Å². The molecule has 0 bridgehead atoms. The molecule has 1 amide bonds. The van der Waals surface area contributed by atoms with Crippen LogP contribution in [-0.2, 0) is 9.53 Å². The Morgan fingerprint density at radius 1 is 1.14 bits per heavy atom. The number of nitrogens with one attached hydrogen (secondary N) is 2. The SMILES string of the molecule is CCNC(=NCC(C)(C)N1CCOCC1)NC1CCN(C(=O)C2CCCC2)C1. The van der Waals surface area contributed by atoms with Crippen LogP contribution in [0.15, 0.2) is 4.99 Å². The summed E-state index contributed by atoms with van der Waals surface area (Å²) in [6, 6.07) is 0.287. The van der Waals surface area contributed by atoms with E-state index in [1.807, 2.05) is 0 Å². The molecular formula is C21H39N5O2. The molecule has 1 saturated carbocycles. The Kier molecular flexibility index (Phi) is 7.57. The van der Waals surface area contributed by atoms with Crippen LogP contribution in [0.4, 0.5) is 0 Å². The maximum absolute atomic E-state index is 12.7. The molecule has 0 spiro atoms. The molecule has 1 atom stereocenters. The number of carbonyl (C=O) groups excluding carboxylic acids is 1. The maximum atomic E-state index is 12.7. The van der Waals surface area contributed by atoms with Crippen molar-refractivity contribution in [2.45, 2.75) is 64.5 Å². The summed E-state index contributed by atoms with van der Waals surface area (Å²) in [5.41, 5.74) is 0.00623. The normalized spacial score (nSPS) is 25.3. The second kappa shape index (κ2) is 9.92. The molecular weight excluding hydrogens is 354 g/mol. The number of carbonyl (C=O) groups is 1. The van der Waals surface area contributed by atoms with E-state index in [0.29, 0.717) is 5.91 Å². The van der Waals surface area contributed by atoms with E-state index >= 15 is 0 Å². The molecule has 1 aliphatic carbocycles. The van der Waals surface area contributed by atoms with Gasteiger partial charge < -0.3 is 20.3 Å². The smallest absolute Gasteiger partial charge is 0.225 e. The van der Waals surface area contributed by atoms with Gasteiger partial charge in [-0.25, -0.2) is 0 Å². The molecule has 3 fully saturated rings. The Bertz CT molecular complexity index is 539. The van der Waals surface area contributed by atoms with Crippen LogP contribution in [0.2, 0.25) is 0 Å². The minimum atomic E-state index is 0.00623. The molecule has 2 heterocycles. The fourth-order valence-electron chi connectivity index (χ4n) is 4.56. The highest BCUT2D eigenvalue weighted by Gasteiger charge is 2.33. The van der Waals surface area contributed by atoms with Gasteiger partial charge in [-0.05, 0) is 40.0 Å². The first-order valence-corrected chi connectivity index (χ1v) is 11.2. The van der Waals surface area contributed by atoms with Crippen molar-refractivity contribution >= 4 is 11.9 Å². The van der Waals surface area contributed by atoms with Gasteiger partial charge in [0.25, 0.3) is 0 Å². The third-order valence-electron chi connectivity index (χ3n) is 6.38. The summed E-state index contributed by atoms with van der Waals surface area (Å²) in [5, 5.41) is 6.95. The van der Waals surface area contributed by atoms with Gasteiger partial charge in [0.05, 0.1) is 19.8 Å². The molecule has 160 valence electrons. The molecule has 3 aliphatic rings. The summed E-state index contributed by atoms with van der Waals surface area (Å²) in [6.45, 7) is 13.4. The van der Waals surface area contributed by atoms with E-state index in [9.17, 15) is 4.79 Å². The van der Waals surface area contributed by atoms with Crippen molar-refractivity contribution in [2.75, 3.05) is 52.5 Å². The number of hydrogen-bond acceptors (Lipinski definition) is 4. The Morgan fingerprint density at radius 3 is 2.54 bits per heavy atom. The number of guanidine groups is 1. The first-order chi connectivity index (χ1) is 13.5. The van der Waals surface area contributed by atoms with Gasteiger partial charge in [-0.3, -0.25) is 14.7 Å². The third-order valence-corrected chi connectivity index (χ3v) is 6.38. The number of nitrogens with zero attached hydrogens (tertiary/aromatic N) is 3. The van der Waals surface area contributed by atoms with E-state index in [2.05, 4.69) is 41.2 Å². The number of hydrogen-bond donors (Lipinski definition) is 2. The van der Waals surface area contributed by atoms with Gasteiger partial charge in [0.15, 0.2) is 5.96 Å². The van der Waals surface area contributed by atoms with Crippen molar-refractivity contribution in [3.8, 4) is 0 Å². The van der Waals surface area contributed by atoms with Crippen molar-refractivity contribution in [3.63, 3.8) is 0 Å². The predicted octanol–water partition coefficient (Wildman–Crippen LogP) is 1.44. The molecule has 7 nitrogen and oxygen atoms in total. The number of aliphatic imine (C=N–C) groups is 1. The molecule has 0 aromatic carbocycles. The van der Waals surface area contributed by atoms with Gasteiger partial charge in [-0.1, -0.05) is 12.8 Å². The summed E-state index contributed by atoms with van der Waals surface area (Å²) in [5.74, 6) is 1.51. The summed E-state index contributed by atoms with van der Waals surface area (Å²) in [6.07, 6.45) is 5.57. The van der Waals surface area contributed by atoms with Crippen LogP contribution in [0.1, 0.15) is 52.9 Å². The molecule has 2 N–H and O–H groups in total. The molecule has 3 rings (SSSR count). The number of amides is 1. The number of morpholine rings is 1. The average Bonchev–Trinajstić information content (AvgIpc) is 3.39. The molecule has 2 aliphatic heterocycles. The second-order valence-corrected chi connectivity index (χ2v) is 9.00. The van der Waals surface area contributed by atoms with Crippen LogP contribution in [0.3, 0.4) is 0 Å². The third kappa shape index (κ3) is 5.60. The van der Waals surface area contributed by atoms with Crippen molar-refractivity contribution in [1.29, 1.82) is 0 Å². The maximum Gasteiger partial charge on any atom is 0.225 e. The first kappa shape index (κ1) is 21.4. The largest absolute Gasteiger partial charge is 0.379 e. The van der Waals surface area contributed by atoms with Crippen LogP contribution >= 0.6 is 0 Å². The zero-order valence-corrected chi connectivity index (χ0v) is 18.0. The molecule has 28 heavy (non-hydrogen) atoms. The lowest BCUT2D eigenvalue weighted by Gasteiger charge is -2.40. The fourth-order valence-corrected chi connectivity index (χ4v) is 4.56. The zero-order chi connectivity index (χ0) is 20.0. The Morgan fingerprint density at radius 2 is 1.86 bits per heavy atom. The molecule has 0 aromatic rings. The highest BCUT2D eigenvalue weighted by Crippen LogP contribution is 2.27. The van der Waals surface area contributed by atoms with E-state index in [-0.39, 0.29) is 17.5 Å². The summed E-state index contributed by atoms with van der Waals surface area (Å²) in [4.78, 5) is 22.1. The molecule has 7 heteroatoms. The molecule has 0 aromatic heterocycles. The van der Waals surface area contributed by atoms with Gasteiger partial charge in [-0.15, -0.1) is 0 Å². The van der Waals surface area contributed by atoms with Crippen molar-refractivity contribution in [1.82, 2.24) is 20.4 Å². The second-order valence-electron chi connectivity index (χ2n) is 9.00. The topological polar surface area (TPSA) is 69.2 Å². The van der Waals surface area contributed by atoms with Crippen LogP contribution < -0.4 is 10.6 Å². The van der Waals surface area contributed by atoms with Crippen LogP contribution in [0, 0.1) is 5.92 Å². The lowest BCUT2D eigenvalue weighted by atomic mass is 10.0. The van der Waals surface area contributed by atoms with Crippen LogP contribution in [0.25, 0.3) is 0 Å². The summed E-state index contributed by atoms with van der Waals surface area (Å²) < 4.78 is 5.48. The molecule has 1 unspecified atom stereocenters. The average molecular weight is 394 g/mol. The van der Waals surface area contributed by atoms with Gasteiger partial charge in [0.2, 0.25) is 5.91 Å². The number of likely N-dealkylation sites (tertiary alicyclic amines) is 1. The summed E-state index contributed by atoms with van der Waals surface area (Å²) in [7, 11) is 0. The Balaban J connectivity index is 1.52.